The van der Waals surface area contributed by atoms with Crippen molar-refractivity contribution in [1.29, 1.82) is 0 Å². The molecule has 78 valence electrons. The quantitative estimate of drug-likeness (QED) is 0.795. The maximum Gasteiger partial charge on any atom is 0.416 e. The van der Waals surface area contributed by atoms with Crippen LogP contribution in [0.25, 0.3) is 0 Å². The van der Waals surface area contributed by atoms with E-state index < -0.39 is 11.7 Å². The molecule has 0 radical (unpaired) electrons. The van der Waals surface area contributed by atoms with Crippen molar-refractivity contribution in [1.82, 2.24) is 5.32 Å². The Morgan fingerprint density at radius 3 is 2.14 bits per heavy atom. The van der Waals surface area contributed by atoms with E-state index in [0.29, 0.717) is 0 Å². The summed E-state index contributed by atoms with van der Waals surface area (Å²) >= 11 is 0. The Kier molecular flexibility index (Phi) is 3.52. The topological polar surface area (TPSA) is 12.0 Å². The van der Waals surface area contributed by atoms with Gasteiger partial charge in [0.25, 0.3) is 0 Å². The SMILES string of the molecule is CNCCc1ccc(C(F)(F)F)cc1. The molecule has 0 atom stereocenters. The van der Waals surface area contributed by atoms with Gasteiger partial charge in [0.2, 0.25) is 0 Å². The monoisotopic (exact) mass is 203 g/mol. The first kappa shape index (κ1) is 11.0. The van der Waals surface area contributed by atoms with Crippen LogP contribution in [0.1, 0.15) is 11.1 Å². The molecule has 0 aliphatic heterocycles. The molecular formula is C10H12F3N. The van der Waals surface area contributed by atoms with Gasteiger partial charge in [-0.2, -0.15) is 13.2 Å². The molecule has 1 rings (SSSR count). The number of hydrogen-bond donors (Lipinski definition) is 1. The summed E-state index contributed by atoms with van der Waals surface area (Å²) < 4.78 is 36.5. The maximum absolute atomic E-state index is 12.2. The van der Waals surface area contributed by atoms with Crippen molar-refractivity contribution >= 4 is 0 Å². The van der Waals surface area contributed by atoms with Gasteiger partial charge in [-0.15, -0.1) is 0 Å². The van der Waals surface area contributed by atoms with Crippen LogP contribution in [0.3, 0.4) is 0 Å². The third-order valence-electron chi connectivity index (χ3n) is 1.94. The summed E-state index contributed by atoms with van der Waals surface area (Å²) in [7, 11) is 1.81. The molecule has 0 fully saturated rings. The second kappa shape index (κ2) is 4.46. The van der Waals surface area contributed by atoms with Gasteiger partial charge >= 0.3 is 6.18 Å². The first-order valence-electron chi connectivity index (χ1n) is 4.35. The fourth-order valence-corrected chi connectivity index (χ4v) is 1.13. The van der Waals surface area contributed by atoms with E-state index in [9.17, 15) is 13.2 Å². The van der Waals surface area contributed by atoms with Crippen molar-refractivity contribution in [3.63, 3.8) is 0 Å². The van der Waals surface area contributed by atoms with Gasteiger partial charge in [-0.25, -0.2) is 0 Å². The number of halogens is 3. The Morgan fingerprint density at radius 1 is 1.14 bits per heavy atom. The zero-order chi connectivity index (χ0) is 10.6. The Bertz CT molecular complexity index is 276. The van der Waals surface area contributed by atoms with E-state index in [2.05, 4.69) is 5.32 Å². The second-order valence-electron chi connectivity index (χ2n) is 3.05. The Balaban J connectivity index is 2.69. The van der Waals surface area contributed by atoms with Crippen molar-refractivity contribution in [2.45, 2.75) is 12.6 Å². The highest BCUT2D eigenvalue weighted by Gasteiger charge is 2.29. The molecule has 0 spiro atoms. The van der Waals surface area contributed by atoms with E-state index in [1.165, 1.54) is 12.1 Å². The lowest BCUT2D eigenvalue weighted by molar-refractivity contribution is -0.137. The normalized spacial score (nSPS) is 11.7. The van der Waals surface area contributed by atoms with Crippen LogP contribution in [0.4, 0.5) is 13.2 Å². The number of benzene rings is 1. The van der Waals surface area contributed by atoms with Crippen LogP contribution in [0, 0.1) is 0 Å². The average molecular weight is 203 g/mol. The third kappa shape index (κ3) is 3.03. The predicted octanol–water partition coefficient (Wildman–Crippen LogP) is 2.47. The van der Waals surface area contributed by atoms with E-state index >= 15 is 0 Å². The second-order valence-corrected chi connectivity index (χ2v) is 3.05. The molecule has 0 heterocycles. The summed E-state index contributed by atoms with van der Waals surface area (Å²) in [6.45, 7) is 0.769. The van der Waals surface area contributed by atoms with Crippen LogP contribution in [-0.4, -0.2) is 13.6 Å². The molecular weight excluding hydrogens is 191 g/mol. The van der Waals surface area contributed by atoms with Crippen LogP contribution in [0.5, 0.6) is 0 Å². The number of hydrogen-bond acceptors (Lipinski definition) is 1. The molecule has 1 nitrogen and oxygen atoms in total. The van der Waals surface area contributed by atoms with Gasteiger partial charge < -0.3 is 5.32 Å². The molecule has 0 amide bonds. The first-order chi connectivity index (χ1) is 6.54. The van der Waals surface area contributed by atoms with Gasteiger partial charge in [-0.1, -0.05) is 12.1 Å². The van der Waals surface area contributed by atoms with Gasteiger partial charge in [0, 0.05) is 0 Å². The minimum Gasteiger partial charge on any atom is -0.319 e. The molecule has 4 heteroatoms. The van der Waals surface area contributed by atoms with E-state index in [0.717, 1.165) is 30.7 Å². The number of rotatable bonds is 3. The zero-order valence-corrected chi connectivity index (χ0v) is 7.86. The largest absolute Gasteiger partial charge is 0.416 e. The lowest BCUT2D eigenvalue weighted by atomic mass is 10.1. The van der Waals surface area contributed by atoms with Crippen LogP contribution >= 0.6 is 0 Å². The van der Waals surface area contributed by atoms with E-state index in [1.54, 1.807) is 0 Å². The van der Waals surface area contributed by atoms with Crippen LogP contribution in [-0.2, 0) is 12.6 Å². The molecule has 0 saturated heterocycles. The minimum atomic E-state index is -4.23. The summed E-state index contributed by atoms with van der Waals surface area (Å²) in [5.41, 5.74) is 0.318. The Hall–Kier alpha value is -1.03. The van der Waals surface area contributed by atoms with E-state index in [-0.39, 0.29) is 0 Å². The van der Waals surface area contributed by atoms with Crippen molar-refractivity contribution in [2.24, 2.45) is 0 Å². The van der Waals surface area contributed by atoms with E-state index in [1.807, 2.05) is 7.05 Å². The highest BCUT2D eigenvalue weighted by atomic mass is 19.4. The number of likely N-dealkylation sites (N-methyl/N-ethyl adjacent to an activating group) is 1. The molecule has 0 aromatic heterocycles. The molecule has 14 heavy (non-hydrogen) atoms. The number of nitrogens with one attached hydrogen (secondary N) is 1. The van der Waals surface area contributed by atoms with Gasteiger partial charge in [-0.05, 0) is 37.7 Å². The Labute approximate surface area is 80.9 Å². The molecule has 1 aromatic rings. The van der Waals surface area contributed by atoms with E-state index in [4.69, 9.17) is 0 Å². The molecule has 0 saturated carbocycles. The average Bonchev–Trinajstić information content (AvgIpc) is 2.14. The van der Waals surface area contributed by atoms with Crippen LogP contribution in [0.2, 0.25) is 0 Å². The lowest BCUT2D eigenvalue weighted by Crippen LogP contribution is -2.10. The van der Waals surface area contributed by atoms with Gasteiger partial charge in [0.05, 0.1) is 5.56 Å². The van der Waals surface area contributed by atoms with Crippen molar-refractivity contribution in [2.75, 3.05) is 13.6 Å². The fourth-order valence-electron chi connectivity index (χ4n) is 1.13. The van der Waals surface area contributed by atoms with Crippen LogP contribution < -0.4 is 5.32 Å². The van der Waals surface area contributed by atoms with Gasteiger partial charge in [-0.3, -0.25) is 0 Å². The molecule has 0 aliphatic carbocycles. The standard InChI is InChI=1S/C10H12F3N/c1-14-7-6-8-2-4-9(5-3-8)10(11,12)13/h2-5,14H,6-7H2,1H3. The van der Waals surface area contributed by atoms with Gasteiger partial charge in [0.1, 0.15) is 0 Å². The molecule has 0 unspecified atom stereocenters. The maximum atomic E-state index is 12.2. The smallest absolute Gasteiger partial charge is 0.319 e. The first-order valence-corrected chi connectivity index (χ1v) is 4.35. The summed E-state index contributed by atoms with van der Waals surface area (Å²) in [6.07, 6.45) is -3.49. The molecule has 0 bridgehead atoms. The summed E-state index contributed by atoms with van der Waals surface area (Å²) in [4.78, 5) is 0. The summed E-state index contributed by atoms with van der Waals surface area (Å²) in [6, 6.07) is 5.26. The number of alkyl halides is 3. The third-order valence-corrected chi connectivity index (χ3v) is 1.94. The van der Waals surface area contributed by atoms with Crippen molar-refractivity contribution in [3.8, 4) is 0 Å². The molecule has 1 N–H and O–H groups in total. The van der Waals surface area contributed by atoms with Crippen LogP contribution in [0.15, 0.2) is 24.3 Å². The molecule has 0 aliphatic rings. The highest BCUT2D eigenvalue weighted by Crippen LogP contribution is 2.28. The van der Waals surface area contributed by atoms with Crippen molar-refractivity contribution < 1.29 is 13.2 Å². The van der Waals surface area contributed by atoms with Gasteiger partial charge in [0.15, 0.2) is 0 Å². The van der Waals surface area contributed by atoms with Crippen molar-refractivity contribution in [3.05, 3.63) is 35.4 Å². The summed E-state index contributed by atoms with van der Waals surface area (Å²) in [5, 5.41) is 2.94. The lowest BCUT2D eigenvalue weighted by Gasteiger charge is -2.07. The predicted molar refractivity (Wildman–Crippen MR) is 49.1 cm³/mol. The highest BCUT2D eigenvalue weighted by molar-refractivity contribution is 5.24. The molecule has 1 aromatic carbocycles. The zero-order valence-electron chi connectivity index (χ0n) is 7.86. The summed E-state index contributed by atoms with van der Waals surface area (Å²) in [5.74, 6) is 0. The Morgan fingerprint density at radius 2 is 1.71 bits per heavy atom. The fraction of sp³-hybridized carbons (Fsp3) is 0.400. The minimum absolute atomic E-state index is 0.592.